The molecule has 8 heteroatoms. The lowest BCUT2D eigenvalue weighted by molar-refractivity contribution is -0.118. The van der Waals surface area contributed by atoms with Gasteiger partial charge in [-0.15, -0.1) is 0 Å². The van der Waals surface area contributed by atoms with E-state index in [1.807, 2.05) is 19.9 Å². The number of benzene rings is 2. The summed E-state index contributed by atoms with van der Waals surface area (Å²) in [6.45, 7) is 4.50. The Bertz CT molecular complexity index is 1060. The minimum atomic E-state index is -0.972. The summed E-state index contributed by atoms with van der Waals surface area (Å²) >= 11 is 0. The van der Waals surface area contributed by atoms with Crippen molar-refractivity contribution in [2.45, 2.75) is 25.8 Å². The third-order valence-corrected chi connectivity index (χ3v) is 4.83. The highest BCUT2D eigenvalue weighted by Gasteiger charge is 2.33. The first kappa shape index (κ1) is 24.4. The van der Waals surface area contributed by atoms with E-state index in [2.05, 4.69) is 10.6 Å². The van der Waals surface area contributed by atoms with Crippen LogP contribution in [0.15, 0.2) is 54.2 Å². The highest BCUT2D eigenvalue weighted by atomic mass is 19.1. The molecule has 2 aromatic rings. The summed E-state index contributed by atoms with van der Waals surface area (Å²) in [6.07, 6.45) is 2.95. The first-order valence-electron chi connectivity index (χ1n) is 10.1. The zero-order chi connectivity index (χ0) is 23.7. The summed E-state index contributed by atoms with van der Waals surface area (Å²) in [5.74, 6) is -1.95. The lowest BCUT2D eigenvalue weighted by Crippen LogP contribution is -2.44. The van der Waals surface area contributed by atoms with Gasteiger partial charge in [0, 0.05) is 29.2 Å². The first-order chi connectivity index (χ1) is 15.3. The topological polar surface area (TPSA) is 132 Å². The number of hydrogen-bond donors (Lipinski definition) is 4. The van der Waals surface area contributed by atoms with E-state index in [1.165, 1.54) is 12.3 Å². The molecular weight excluding hydrogens is 409 g/mol. The number of carbonyl (C=O) groups is 2. The van der Waals surface area contributed by atoms with Gasteiger partial charge in [-0.05, 0) is 36.2 Å². The van der Waals surface area contributed by atoms with Crippen LogP contribution in [0.3, 0.4) is 0 Å². The van der Waals surface area contributed by atoms with E-state index in [9.17, 15) is 14.0 Å². The van der Waals surface area contributed by atoms with Gasteiger partial charge >= 0.3 is 0 Å². The zero-order valence-corrected chi connectivity index (χ0v) is 17.9. The second kappa shape index (κ2) is 11.5. The molecule has 5 N–H and O–H groups in total. The Hall–Kier alpha value is -3.83. The van der Waals surface area contributed by atoms with Crippen molar-refractivity contribution in [1.82, 2.24) is 5.32 Å². The molecule has 2 aromatic carbocycles. The van der Waals surface area contributed by atoms with Gasteiger partial charge in [-0.1, -0.05) is 38.1 Å². The predicted molar refractivity (Wildman–Crippen MR) is 122 cm³/mol. The van der Waals surface area contributed by atoms with Gasteiger partial charge in [0.25, 0.3) is 0 Å². The summed E-state index contributed by atoms with van der Waals surface area (Å²) in [6, 6.07) is 11.3. The number of nitrogens with one attached hydrogen (secondary N) is 3. The SMILES string of the molecule is CC(C)CN[C@@H](/C(C=N)=C/N)[C@H](C(=O)Nc1cc(F)cc(C#N)c1)c1ccccc1C=O. The molecule has 0 aliphatic carbocycles. The standard InChI is InChI=1S/C24H26FN5O2/c1-15(2)13-29-23(18(11-27)12-28)22(21-6-4-3-5-17(21)14-31)24(32)30-20-8-16(10-26)7-19(25)9-20/h3-9,11-12,14-15,22-23,27,29H,13,28H2,1-2H3,(H,30,32)/b18-12+,27-11?/t22-,23+/m1/s1. The van der Waals surface area contributed by atoms with E-state index >= 15 is 0 Å². The number of carbonyl (C=O) groups excluding carboxylic acids is 2. The minimum absolute atomic E-state index is 0.0571. The summed E-state index contributed by atoms with van der Waals surface area (Å²) in [4.78, 5) is 25.2. The van der Waals surface area contributed by atoms with Gasteiger partial charge < -0.3 is 21.8 Å². The number of halogens is 1. The van der Waals surface area contributed by atoms with Crippen LogP contribution in [0.5, 0.6) is 0 Å². The van der Waals surface area contributed by atoms with E-state index in [4.69, 9.17) is 16.4 Å². The van der Waals surface area contributed by atoms with Crippen molar-refractivity contribution in [1.29, 1.82) is 10.7 Å². The molecule has 1 amide bonds. The highest BCUT2D eigenvalue weighted by Crippen LogP contribution is 2.28. The number of amides is 1. The molecule has 0 aliphatic rings. The molecule has 0 bridgehead atoms. The van der Waals surface area contributed by atoms with Crippen molar-refractivity contribution in [3.05, 3.63) is 76.7 Å². The average molecular weight is 436 g/mol. The number of nitrogens with two attached hydrogens (primary N) is 1. The van der Waals surface area contributed by atoms with Gasteiger partial charge in [-0.25, -0.2) is 4.39 Å². The summed E-state index contributed by atoms with van der Waals surface area (Å²) in [5, 5.41) is 22.8. The number of nitriles is 1. The zero-order valence-electron chi connectivity index (χ0n) is 17.9. The Balaban J connectivity index is 2.59. The first-order valence-corrected chi connectivity index (χ1v) is 10.1. The second-order valence-corrected chi connectivity index (χ2v) is 7.64. The Kier molecular flexibility index (Phi) is 8.81. The van der Waals surface area contributed by atoms with Gasteiger partial charge in [-0.3, -0.25) is 9.59 Å². The smallest absolute Gasteiger partial charge is 0.233 e. The third kappa shape index (κ3) is 6.09. The maximum atomic E-state index is 13.9. The van der Waals surface area contributed by atoms with Gasteiger partial charge in [0.15, 0.2) is 0 Å². The molecule has 0 unspecified atom stereocenters. The van der Waals surface area contributed by atoms with Crippen LogP contribution < -0.4 is 16.4 Å². The van der Waals surface area contributed by atoms with Gasteiger partial charge in [-0.2, -0.15) is 5.26 Å². The monoisotopic (exact) mass is 435 g/mol. The molecule has 0 radical (unpaired) electrons. The van der Waals surface area contributed by atoms with Crippen LogP contribution >= 0.6 is 0 Å². The number of nitrogens with zero attached hydrogens (tertiary/aromatic N) is 1. The molecular formula is C24H26FN5O2. The molecule has 0 aliphatic heterocycles. The van der Waals surface area contributed by atoms with Crippen LogP contribution in [-0.2, 0) is 4.79 Å². The number of aldehydes is 1. The van der Waals surface area contributed by atoms with Gasteiger partial charge in [0.1, 0.15) is 12.1 Å². The van der Waals surface area contributed by atoms with Gasteiger partial charge in [0.2, 0.25) is 5.91 Å². The van der Waals surface area contributed by atoms with E-state index < -0.39 is 23.7 Å². The number of anilines is 1. The fraction of sp³-hybridized carbons (Fsp3) is 0.250. The van der Waals surface area contributed by atoms with Crippen LogP contribution in [0.4, 0.5) is 10.1 Å². The van der Waals surface area contributed by atoms with E-state index in [0.717, 1.165) is 18.3 Å². The van der Waals surface area contributed by atoms with Crippen LogP contribution in [0.1, 0.15) is 41.3 Å². The Morgan fingerprint density at radius 1 is 1.28 bits per heavy atom. The Labute approximate surface area is 186 Å². The molecule has 32 heavy (non-hydrogen) atoms. The normalized spacial score (nSPS) is 13.2. The molecule has 0 spiro atoms. The second-order valence-electron chi connectivity index (χ2n) is 7.64. The quantitative estimate of drug-likeness (QED) is 0.336. The van der Waals surface area contributed by atoms with Crippen molar-refractivity contribution < 1.29 is 14.0 Å². The molecule has 0 saturated heterocycles. The largest absolute Gasteiger partial charge is 0.404 e. The van der Waals surface area contributed by atoms with Crippen molar-refractivity contribution in [3.8, 4) is 6.07 Å². The molecule has 7 nitrogen and oxygen atoms in total. The Morgan fingerprint density at radius 2 is 2.00 bits per heavy atom. The third-order valence-electron chi connectivity index (χ3n) is 4.83. The van der Waals surface area contributed by atoms with E-state index in [1.54, 1.807) is 24.3 Å². The maximum absolute atomic E-state index is 13.9. The van der Waals surface area contributed by atoms with Crippen LogP contribution in [0.2, 0.25) is 0 Å². The number of hydrogen-bond acceptors (Lipinski definition) is 6. The van der Waals surface area contributed by atoms with Crippen molar-refractivity contribution >= 4 is 24.1 Å². The van der Waals surface area contributed by atoms with Crippen molar-refractivity contribution in [2.24, 2.45) is 11.7 Å². The fourth-order valence-electron chi connectivity index (χ4n) is 3.35. The van der Waals surface area contributed by atoms with Crippen LogP contribution in [-0.4, -0.2) is 31.0 Å². The predicted octanol–water partition coefficient (Wildman–Crippen LogP) is 3.34. The summed E-state index contributed by atoms with van der Waals surface area (Å²) in [7, 11) is 0. The molecule has 166 valence electrons. The molecule has 0 aromatic heterocycles. The molecule has 2 atom stereocenters. The maximum Gasteiger partial charge on any atom is 0.233 e. The lowest BCUT2D eigenvalue weighted by atomic mass is 9.83. The summed E-state index contributed by atoms with van der Waals surface area (Å²) in [5.41, 5.74) is 7.00. The van der Waals surface area contributed by atoms with Crippen LogP contribution in [0, 0.1) is 28.5 Å². The van der Waals surface area contributed by atoms with Crippen molar-refractivity contribution in [2.75, 3.05) is 11.9 Å². The Morgan fingerprint density at radius 3 is 2.59 bits per heavy atom. The lowest BCUT2D eigenvalue weighted by Gasteiger charge is -2.30. The minimum Gasteiger partial charge on any atom is -0.404 e. The summed E-state index contributed by atoms with van der Waals surface area (Å²) < 4.78 is 13.9. The van der Waals surface area contributed by atoms with E-state index in [-0.39, 0.29) is 17.2 Å². The van der Waals surface area contributed by atoms with Crippen molar-refractivity contribution in [3.63, 3.8) is 0 Å². The fourth-order valence-corrected chi connectivity index (χ4v) is 3.35. The van der Waals surface area contributed by atoms with E-state index in [0.29, 0.717) is 29.5 Å². The average Bonchev–Trinajstić information content (AvgIpc) is 2.77. The van der Waals surface area contributed by atoms with Gasteiger partial charge in [0.05, 0.1) is 23.6 Å². The molecule has 0 heterocycles. The number of rotatable bonds is 10. The molecule has 0 saturated carbocycles. The highest BCUT2D eigenvalue weighted by molar-refractivity contribution is 5.99. The van der Waals surface area contributed by atoms with Crippen LogP contribution in [0.25, 0.3) is 0 Å². The molecule has 2 rings (SSSR count). The molecule has 0 fully saturated rings.